The van der Waals surface area contributed by atoms with Crippen molar-refractivity contribution in [2.45, 2.75) is 38.1 Å². The fourth-order valence-electron chi connectivity index (χ4n) is 3.43. The van der Waals surface area contributed by atoms with E-state index in [9.17, 15) is 14.7 Å². The Bertz CT molecular complexity index is 603. The van der Waals surface area contributed by atoms with Crippen molar-refractivity contribution >= 4 is 27.8 Å². The predicted molar refractivity (Wildman–Crippen MR) is 86.5 cm³/mol. The maximum atomic E-state index is 12.7. The molecule has 0 radical (unpaired) electrons. The molecule has 3 rings (SSSR count). The molecule has 1 aromatic rings. The van der Waals surface area contributed by atoms with Gasteiger partial charge in [-0.25, -0.2) is 4.79 Å². The summed E-state index contributed by atoms with van der Waals surface area (Å²) in [4.78, 5) is 25.8. The Hall–Kier alpha value is -1.36. The minimum absolute atomic E-state index is 0.0178. The normalized spacial score (nSPS) is 30.9. The van der Waals surface area contributed by atoms with Gasteiger partial charge in [-0.1, -0.05) is 35.0 Å². The van der Waals surface area contributed by atoms with Crippen molar-refractivity contribution in [3.8, 4) is 0 Å². The zero-order valence-corrected chi connectivity index (χ0v) is 14.1. The number of carboxylic acids is 1. The second-order valence-electron chi connectivity index (χ2n) is 6.52. The third-order valence-electron chi connectivity index (χ3n) is 4.82. The molecule has 1 aliphatic heterocycles. The van der Waals surface area contributed by atoms with Crippen molar-refractivity contribution in [1.29, 1.82) is 0 Å². The molecule has 4 atom stereocenters. The lowest BCUT2D eigenvalue weighted by molar-refractivity contribution is -0.153. The summed E-state index contributed by atoms with van der Waals surface area (Å²) in [5, 5.41) is 9.40. The van der Waals surface area contributed by atoms with Gasteiger partial charge in [-0.05, 0) is 48.8 Å². The number of likely N-dealkylation sites (tertiary alicyclic amines) is 1. The maximum Gasteiger partial charge on any atom is 0.326 e. The summed E-state index contributed by atoms with van der Waals surface area (Å²) in [6.45, 7) is 2.62. The fraction of sp³-hybridized carbons (Fsp3) is 0.529. The maximum absolute atomic E-state index is 12.7. The molecule has 4 unspecified atom stereocenters. The molecule has 1 aromatic carbocycles. The number of carboxylic acid groups (broad SMARTS) is 1. The van der Waals surface area contributed by atoms with Crippen LogP contribution in [0.25, 0.3) is 0 Å². The van der Waals surface area contributed by atoms with E-state index in [-0.39, 0.29) is 17.7 Å². The second-order valence-corrected chi connectivity index (χ2v) is 7.43. The van der Waals surface area contributed by atoms with Gasteiger partial charge in [0.1, 0.15) is 6.04 Å². The molecule has 1 saturated heterocycles. The molecular formula is C17H20BrNO3. The molecule has 1 N–H and O–H groups in total. The molecule has 0 aromatic heterocycles. The fourth-order valence-corrected chi connectivity index (χ4v) is 3.84. The molecule has 4 nitrogen and oxygen atoms in total. The van der Waals surface area contributed by atoms with E-state index >= 15 is 0 Å². The van der Waals surface area contributed by atoms with Gasteiger partial charge < -0.3 is 10.0 Å². The molecular weight excluding hydrogens is 346 g/mol. The van der Waals surface area contributed by atoms with E-state index < -0.39 is 12.0 Å². The molecule has 1 heterocycles. The van der Waals surface area contributed by atoms with Gasteiger partial charge in [-0.15, -0.1) is 0 Å². The van der Waals surface area contributed by atoms with Gasteiger partial charge >= 0.3 is 5.97 Å². The van der Waals surface area contributed by atoms with E-state index in [1.807, 2.05) is 24.3 Å². The predicted octanol–water partition coefficient (Wildman–Crippen LogP) is 3.26. The van der Waals surface area contributed by atoms with E-state index in [4.69, 9.17) is 0 Å². The van der Waals surface area contributed by atoms with Gasteiger partial charge in [-0.2, -0.15) is 0 Å². The van der Waals surface area contributed by atoms with Crippen molar-refractivity contribution in [3.63, 3.8) is 0 Å². The summed E-state index contributed by atoms with van der Waals surface area (Å²) in [5.41, 5.74) is 1.16. The lowest BCUT2D eigenvalue weighted by atomic mass is 9.92. The molecule has 2 aliphatic rings. The van der Waals surface area contributed by atoms with Crippen LogP contribution < -0.4 is 0 Å². The first-order chi connectivity index (χ1) is 10.5. The summed E-state index contributed by atoms with van der Waals surface area (Å²) >= 11 is 3.45. The van der Waals surface area contributed by atoms with Crippen molar-refractivity contribution < 1.29 is 14.7 Å². The second kappa shape index (κ2) is 6.03. The topological polar surface area (TPSA) is 57.6 Å². The van der Waals surface area contributed by atoms with Crippen LogP contribution in [0.15, 0.2) is 28.7 Å². The van der Waals surface area contributed by atoms with Crippen LogP contribution in [0.3, 0.4) is 0 Å². The number of hydrogen-bond donors (Lipinski definition) is 1. The van der Waals surface area contributed by atoms with Crippen molar-refractivity contribution in [3.05, 3.63) is 34.3 Å². The highest BCUT2D eigenvalue weighted by Crippen LogP contribution is 2.49. The van der Waals surface area contributed by atoms with Crippen LogP contribution in [0.1, 0.15) is 37.7 Å². The zero-order valence-electron chi connectivity index (χ0n) is 12.5. The minimum atomic E-state index is -0.875. The number of benzene rings is 1. The van der Waals surface area contributed by atoms with Crippen LogP contribution in [0.2, 0.25) is 0 Å². The molecule has 118 valence electrons. The number of halogens is 1. The molecule has 22 heavy (non-hydrogen) atoms. The number of hydrogen-bond acceptors (Lipinski definition) is 2. The monoisotopic (exact) mass is 365 g/mol. The number of aliphatic carboxylic acids is 1. The van der Waals surface area contributed by atoms with Gasteiger partial charge in [0.2, 0.25) is 5.91 Å². The van der Waals surface area contributed by atoms with Crippen LogP contribution in [0.4, 0.5) is 0 Å². The minimum Gasteiger partial charge on any atom is -0.480 e. The van der Waals surface area contributed by atoms with Crippen LogP contribution >= 0.6 is 15.9 Å². The molecule has 1 aliphatic carbocycles. The third kappa shape index (κ3) is 3.05. The number of piperidine rings is 1. The van der Waals surface area contributed by atoms with E-state index in [1.54, 1.807) is 4.90 Å². The molecule has 2 fully saturated rings. The van der Waals surface area contributed by atoms with Crippen LogP contribution in [0, 0.1) is 11.8 Å². The SMILES string of the molecule is CC1CCN(C(=O)C2CC2c2cccc(Br)c2)C(C(=O)O)C1. The number of rotatable bonds is 3. The number of carbonyl (C=O) groups excluding carboxylic acids is 1. The first-order valence-electron chi connectivity index (χ1n) is 7.76. The van der Waals surface area contributed by atoms with E-state index in [0.29, 0.717) is 18.9 Å². The third-order valence-corrected chi connectivity index (χ3v) is 5.31. The summed E-state index contributed by atoms with van der Waals surface area (Å²) in [7, 11) is 0. The van der Waals surface area contributed by atoms with Crippen LogP contribution in [0.5, 0.6) is 0 Å². The van der Waals surface area contributed by atoms with E-state index in [2.05, 4.69) is 22.9 Å². The highest BCUT2D eigenvalue weighted by atomic mass is 79.9. The Morgan fingerprint density at radius 1 is 1.32 bits per heavy atom. The largest absolute Gasteiger partial charge is 0.480 e. The van der Waals surface area contributed by atoms with Gasteiger partial charge in [0, 0.05) is 16.9 Å². The first-order valence-corrected chi connectivity index (χ1v) is 8.55. The van der Waals surface area contributed by atoms with Gasteiger partial charge in [-0.3, -0.25) is 4.79 Å². The molecule has 1 saturated carbocycles. The van der Waals surface area contributed by atoms with Gasteiger partial charge in [0.25, 0.3) is 0 Å². The lowest BCUT2D eigenvalue weighted by Gasteiger charge is -2.36. The number of carbonyl (C=O) groups is 2. The lowest BCUT2D eigenvalue weighted by Crippen LogP contribution is -2.50. The Morgan fingerprint density at radius 2 is 2.09 bits per heavy atom. The Balaban J connectivity index is 1.71. The highest BCUT2D eigenvalue weighted by Gasteiger charge is 2.48. The summed E-state index contributed by atoms with van der Waals surface area (Å²) < 4.78 is 1.01. The molecule has 1 amide bonds. The van der Waals surface area contributed by atoms with Crippen LogP contribution in [-0.2, 0) is 9.59 Å². The zero-order chi connectivity index (χ0) is 15.9. The smallest absolute Gasteiger partial charge is 0.326 e. The molecule has 5 heteroatoms. The summed E-state index contributed by atoms with van der Waals surface area (Å²) in [6, 6.07) is 7.37. The van der Waals surface area contributed by atoms with Crippen molar-refractivity contribution in [2.24, 2.45) is 11.8 Å². The average molecular weight is 366 g/mol. The Labute approximate surface area is 138 Å². The standard InChI is InChI=1S/C17H20BrNO3/c1-10-5-6-19(15(7-10)17(21)22)16(20)14-9-13(14)11-3-2-4-12(18)8-11/h2-4,8,10,13-15H,5-7,9H2,1H3,(H,21,22). The van der Waals surface area contributed by atoms with E-state index in [1.165, 1.54) is 0 Å². The number of nitrogens with zero attached hydrogens (tertiary/aromatic N) is 1. The van der Waals surface area contributed by atoms with Crippen molar-refractivity contribution in [1.82, 2.24) is 4.90 Å². The Morgan fingerprint density at radius 3 is 2.77 bits per heavy atom. The Kier molecular flexibility index (Phi) is 4.26. The van der Waals surface area contributed by atoms with Gasteiger partial charge in [0.05, 0.1) is 0 Å². The van der Waals surface area contributed by atoms with Gasteiger partial charge in [0.15, 0.2) is 0 Å². The summed E-state index contributed by atoms with van der Waals surface area (Å²) in [5.74, 6) is -0.308. The average Bonchev–Trinajstić information content (AvgIpc) is 3.27. The highest BCUT2D eigenvalue weighted by molar-refractivity contribution is 9.10. The number of amides is 1. The first kappa shape index (κ1) is 15.5. The van der Waals surface area contributed by atoms with Crippen LogP contribution in [-0.4, -0.2) is 34.5 Å². The van der Waals surface area contributed by atoms with E-state index in [0.717, 1.165) is 22.9 Å². The quantitative estimate of drug-likeness (QED) is 0.893. The van der Waals surface area contributed by atoms with Crippen molar-refractivity contribution in [2.75, 3.05) is 6.54 Å². The molecule has 0 spiro atoms. The molecule has 0 bridgehead atoms. The summed E-state index contributed by atoms with van der Waals surface area (Å²) in [6.07, 6.45) is 2.28.